The molecule has 2 heterocycles. The molecule has 0 radical (unpaired) electrons. The number of carbonyl (C=O) groups is 2. The van der Waals surface area contributed by atoms with Gasteiger partial charge in [-0.3, -0.25) is 19.5 Å². The van der Waals surface area contributed by atoms with Gasteiger partial charge in [-0.05, 0) is 35.7 Å². The normalized spacial score (nSPS) is 17.8. The zero-order chi connectivity index (χ0) is 21.2. The highest BCUT2D eigenvalue weighted by molar-refractivity contribution is 7.14. The summed E-state index contributed by atoms with van der Waals surface area (Å²) in [6.07, 6.45) is -3.35. The number of fused-ring (bicyclic) bond motifs is 1. The maximum absolute atomic E-state index is 13.3. The SMILES string of the molecule is COCCN=CC1C(=O)N(C)c2ccc(C(F)(F)F)cc2N(c2cccs2)C1=O. The van der Waals surface area contributed by atoms with E-state index in [1.54, 1.807) is 17.5 Å². The number of rotatable bonds is 5. The summed E-state index contributed by atoms with van der Waals surface area (Å²) < 4.78 is 44.8. The van der Waals surface area contributed by atoms with E-state index in [0.717, 1.165) is 17.0 Å². The Kier molecular flexibility index (Phi) is 6.04. The summed E-state index contributed by atoms with van der Waals surface area (Å²) in [5, 5.41) is 2.11. The number of benzene rings is 1. The van der Waals surface area contributed by atoms with Crippen molar-refractivity contribution in [3.05, 3.63) is 41.3 Å². The zero-order valence-electron chi connectivity index (χ0n) is 15.6. The Hall–Kier alpha value is -2.72. The van der Waals surface area contributed by atoms with Gasteiger partial charge in [0.2, 0.25) is 11.8 Å². The number of hydrogen-bond acceptors (Lipinski definition) is 5. The topological polar surface area (TPSA) is 62.2 Å². The van der Waals surface area contributed by atoms with Crippen LogP contribution in [0.25, 0.3) is 0 Å². The van der Waals surface area contributed by atoms with Crippen LogP contribution in [0.3, 0.4) is 0 Å². The van der Waals surface area contributed by atoms with Gasteiger partial charge in [-0.2, -0.15) is 13.2 Å². The Morgan fingerprint density at radius 2 is 1.97 bits per heavy atom. The standard InChI is InChI=1S/C19H18F3N3O3S/c1-24-14-6-5-12(19(20,21)22)10-15(14)25(16-4-3-9-29-16)18(27)13(17(24)26)11-23-7-8-28-2/h3-6,9-11,13H,7-8H2,1-2H3. The Morgan fingerprint density at radius 1 is 1.21 bits per heavy atom. The smallest absolute Gasteiger partial charge is 0.383 e. The van der Waals surface area contributed by atoms with Crippen molar-refractivity contribution in [2.45, 2.75) is 6.18 Å². The molecule has 0 aliphatic carbocycles. The van der Waals surface area contributed by atoms with Gasteiger partial charge in [0, 0.05) is 20.4 Å². The Morgan fingerprint density at radius 3 is 2.59 bits per heavy atom. The van der Waals surface area contributed by atoms with E-state index in [1.165, 1.54) is 42.7 Å². The van der Waals surface area contributed by atoms with Crippen LogP contribution < -0.4 is 9.80 Å². The first-order valence-electron chi connectivity index (χ1n) is 8.61. The molecule has 6 nitrogen and oxygen atoms in total. The number of ether oxygens (including phenoxy) is 1. The van der Waals surface area contributed by atoms with Crippen LogP contribution in [0.4, 0.5) is 29.5 Å². The van der Waals surface area contributed by atoms with Crippen molar-refractivity contribution >= 4 is 45.7 Å². The number of alkyl halides is 3. The van der Waals surface area contributed by atoms with Crippen molar-refractivity contribution in [3.63, 3.8) is 0 Å². The van der Waals surface area contributed by atoms with E-state index in [0.29, 0.717) is 11.6 Å². The van der Waals surface area contributed by atoms with Gasteiger partial charge in [0.25, 0.3) is 0 Å². The molecule has 0 N–H and O–H groups in total. The second-order valence-corrected chi connectivity index (χ2v) is 7.18. The molecule has 1 aliphatic heterocycles. The number of amides is 2. The summed E-state index contributed by atoms with van der Waals surface area (Å²) in [5.41, 5.74) is -0.702. The molecule has 0 saturated carbocycles. The number of methoxy groups -OCH3 is 1. The van der Waals surface area contributed by atoms with Gasteiger partial charge in [0.1, 0.15) is 5.00 Å². The number of halogens is 3. The Bertz CT molecular complexity index is 929. The molecule has 3 rings (SSSR count). The lowest BCUT2D eigenvalue weighted by Gasteiger charge is -2.24. The van der Waals surface area contributed by atoms with Crippen LogP contribution in [0.15, 0.2) is 40.7 Å². The van der Waals surface area contributed by atoms with Crippen molar-refractivity contribution in [1.82, 2.24) is 0 Å². The van der Waals surface area contributed by atoms with Crippen molar-refractivity contribution in [3.8, 4) is 0 Å². The number of aliphatic imine (C=N–C) groups is 1. The van der Waals surface area contributed by atoms with Gasteiger partial charge in [-0.1, -0.05) is 0 Å². The third-order valence-corrected chi connectivity index (χ3v) is 5.25. The maximum Gasteiger partial charge on any atom is 0.416 e. The van der Waals surface area contributed by atoms with Crippen LogP contribution in [-0.2, 0) is 20.5 Å². The first kappa shape index (κ1) is 21.0. The molecule has 2 amide bonds. The highest BCUT2D eigenvalue weighted by atomic mass is 32.1. The molecule has 0 bridgehead atoms. The number of anilines is 3. The van der Waals surface area contributed by atoms with Crippen molar-refractivity contribution in [2.24, 2.45) is 10.9 Å². The molecule has 0 fully saturated rings. The van der Waals surface area contributed by atoms with Gasteiger partial charge in [-0.15, -0.1) is 11.3 Å². The quantitative estimate of drug-likeness (QED) is 0.417. The van der Waals surface area contributed by atoms with E-state index in [2.05, 4.69) is 4.99 Å². The number of hydrogen-bond donors (Lipinski definition) is 0. The first-order valence-corrected chi connectivity index (χ1v) is 9.49. The summed E-state index contributed by atoms with van der Waals surface area (Å²) in [7, 11) is 2.92. The minimum Gasteiger partial charge on any atom is -0.383 e. The van der Waals surface area contributed by atoms with E-state index in [-0.39, 0.29) is 17.9 Å². The highest BCUT2D eigenvalue weighted by Gasteiger charge is 2.41. The van der Waals surface area contributed by atoms with Crippen LogP contribution in [0.5, 0.6) is 0 Å². The van der Waals surface area contributed by atoms with Crippen molar-refractivity contribution in [2.75, 3.05) is 37.1 Å². The third-order valence-electron chi connectivity index (χ3n) is 4.39. The van der Waals surface area contributed by atoms with Gasteiger partial charge in [-0.25, -0.2) is 0 Å². The second-order valence-electron chi connectivity index (χ2n) is 6.25. The lowest BCUT2D eigenvalue weighted by molar-refractivity contribution is -0.137. The lowest BCUT2D eigenvalue weighted by Crippen LogP contribution is -2.40. The second kappa shape index (κ2) is 8.34. The summed E-state index contributed by atoms with van der Waals surface area (Å²) in [6.45, 7) is 0.562. The highest BCUT2D eigenvalue weighted by Crippen LogP contribution is 2.43. The Labute approximate surface area is 169 Å². The van der Waals surface area contributed by atoms with E-state index < -0.39 is 29.5 Å². The van der Waals surface area contributed by atoms with E-state index in [4.69, 9.17) is 4.74 Å². The van der Waals surface area contributed by atoms with Crippen molar-refractivity contribution in [1.29, 1.82) is 0 Å². The molecule has 1 aliphatic rings. The third kappa shape index (κ3) is 4.18. The van der Waals surface area contributed by atoms with Gasteiger partial charge >= 0.3 is 6.18 Å². The van der Waals surface area contributed by atoms with E-state index >= 15 is 0 Å². The van der Waals surface area contributed by atoms with Crippen LogP contribution in [0, 0.1) is 5.92 Å². The van der Waals surface area contributed by atoms with Crippen LogP contribution >= 0.6 is 11.3 Å². The molecular formula is C19H18F3N3O3S. The largest absolute Gasteiger partial charge is 0.416 e. The molecule has 29 heavy (non-hydrogen) atoms. The van der Waals surface area contributed by atoms with Gasteiger partial charge in [0.15, 0.2) is 5.92 Å². The lowest BCUT2D eigenvalue weighted by atomic mass is 10.1. The van der Waals surface area contributed by atoms with Gasteiger partial charge in [0.05, 0.1) is 30.1 Å². The molecule has 1 atom stereocenters. The fourth-order valence-corrected chi connectivity index (χ4v) is 3.68. The molecule has 0 spiro atoms. The average molecular weight is 425 g/mol. The predicted molar refractivity (Wildman–Crippen MR) is 105 cm³/mol. The first-order chi connectivity index (χ1) is 13.8. The molecule has 1 aromatic heterocycles. The Balaban J connectivity index is 2.15. The summed E-state index contributed by atoms with van der Waals surface area (Å²) >= 11 is 1.19. The van der Waals surface area contributed by atoms with E-state index in [1.807, 2.05) is 0 Å². The van der Waals surface area contributed by atoms with Gasteiger partial charge < -0.3 is 9.64 Å². The molecule has 154 valence electrons. The predicted octanol–water partition coefficient (Wildman–Crippen LogP) is 3.74. The zero-order valence-corrected chi connectivity index (χ0v) is 16.5. The minimum atomic E-state index is -4.59. The van der Waals surface area contributed by atoms with Crippen LogP contribution in [-0.4, -0.2) is 45.3 Å². The van der Waals surface area contributed by atoms with E-state index in [9.17, 15) is 22.8 Å². The summed E-state index contributed by atoms with van der Waals surface area (Å²) in [6, 6.07) is 6.28. The number of nitrogens with zero attached hydrogens (tertiary/aromatic N) is 3. The molecule has 1 aromatic carbocycles. The summed E-state index contributed by atoms with van der Waals surface area (Å²) in [5.74, 6) is -2.50. The monoisotopic (exact) mass is 425 g/mol. The van der Waals surface area contributed by atoms with Crippen LogP contribution in [0.1, 0.15) is 5.56 Å². The van der Waals surface area contributed by atoms with Crippen molar-refractivity contribution < 1.29 is 27.5 Å². The number of thiophene rings is 1. The van der Waals surface area contributed by atoms with Crippen LogP contribution in [0.2, 0.25) is 0 Å². The fourth-order valence-electron chi connectivity index (χ4n) is 2.93. The molecule has 1 unspecified atom stereocenters. The molecule has 0 saturated heterocycles. The molecule has 2 aromatic rings. The number of carbonyl (C=O) groups excluding carboxylic acids is 2. The minimum absolute atomic E-state index is 0.00378. The molecule has 10 heteroatoms. The maximum atomic E-state index is 13.3. The molecular weight excluding hydrogens is 407 g/mol. The average Bonchev–Trinajstić information content (AvgIpc) is 3.18. The summed E-state index contributed by atoms with van der Waals surface area (Å²) in [4.78, 5) is 32.6. The fraction of sp³-hybridized carbons (Fsp3) is 0.316.